The fourth-order valence-electron chi connectivity index (χ4n) is 2.02. The van der Waals surface area contributed by atoms with Gasteiger partial charge in [-0.05, 0) is 25.2 Å². The molecule has 0 unspecified atom stereocenters. The van der Waals surface area contributed by atoms with Crippen LogP contribution < -0.4 is 5.32 Å². The lowest BCUT2D eigenvalue weighted by Gasteiger charge is -2.14. The standard InChI is InChI=1S/C14H21N5/c1-18(2)11-13-7-5-4-6-12(13)8-15-9-14-10-16-17-19(14)3/h4-7,10,15H,8-9,11H2,1-3H3. The summed E-state index contributed by atoms with van der Waals surface area (Å²) in [6, 6.07) is 8.53. The highest BCUT2D eigenvalue weighted by Gasteiger charge is 2.04. The van der Waals surface area contributed by atoms with Crippen molar-refractivity contribution in [1.82, 2.24) is 25.2 Å². The van der Waals surface area contributed by atoms with Crippen LogP contribution >= 0.6 is 0 Å². The fourth-order valence-corrected chi connectivity index (χ4v) is 2.02. The summed E-state index contributed by atoms with van der Waals surface area (Å²) in [5.41, 5.74) is 3.79. The normalized spacial score (nSPS) is 11.2. The first-order valence-corrected chi connectivity index (χ1v) is 6.42. The molecule has 2 rings (SSSR count). The van der Waals surface area contributed by atoms with Crippen molar-refractivity contribution < 1.29 is 0 Å². The largest absolute Gasteiger partial charge is 0.307 e. The van der Waals surface area contributed by atoms with Crippen molar-refractivity contribution in [3.63, 3.8) is 0 Å². The zero-order valence-corrected chi connectivity index (χ0v) is 11.8. The Morgan fingerprint density at radius 2 is 1.89 bits per heavy atom. The maximum Gasteiger partial charge on any atom is 0.0738 e. The van der Waals surface area contributed by atoms with E-state index in [1.54, 1.807) is 10.9 Å². The molecular formula is C14H21N5. The molecule has 0 amide bonds. The number of hydrogen-bond donors (Lipinski definition) is 1. The van der Waals surface area contributed by atoms with Crippen molar-refractivity contribution in [1.29, 1.82) is 0 Å². The van der Waals surface area contributed by atoms with E-state index in [0.29, 0.717) is 0 Å². The van der Waals surface area contributed by atoms with E-state index in [-0.39, 0.29) is 0 Å². The summed E-state index contributed by atoms with van der Waals surface area (Å²) >= 11 is 0. The molecule has 5 heteroatoms. The van der Waals surface area contributed by atoms with Gasteiger partial charge in [-0.15, -0.1) is 5.10 Å². The molecule has 1 heterocycles. The van der Waals surface area contributed by atoms with E-state index in [1.165, 1.54) is 11.1 Å². The third-order valence-corrected chi connectivity index (χ3v) is 3.03. The second kappa shape index (κ2) is 6.45. The smallest absolute Gasteiger partial charge is 0.0738 e. The Kier molecular flexibility index (Phi) is 4.65. The van der Waals surface area contributed by atoms with E-state index in [1.807, 2.05) is 7.05 Å². The molecule has 0 aliphatic carbocycles. The first kappa shape index (κ1) is 13.7. The zero-order valence-electron chi connectivity index (χ0n) is 11.8. The topological polar surface area (TPSA) is 46.0 Å². The number of nitrogens with zero attached hydrogens (tertiary/aromatic N) is 4. The molecule has 0 aliphatic rings. The van der Waals surface area contributed by atoms with Crippen molar-refractivity contribution in [2.24, 2.45) is 7.05 Å². The summed E-state index contributed by atoms with van der Waals surface area (Å²) < 4.78 is 1.79. The lowest BCUT2D eigenvalue weighted by Crippen LogP contribution is -2.18. The summed E-state index contributed by atoms with van der Waals surface area (Å²) in [6.45, 7) is 2.60. The number of rotatable bonds is 6. The molecule has 0 spiro atoms. The van der Waals surface area contributed by atoms with E-state index in [2.05, 4.69) is 58.9 Å². The molecule has 0 atom stereocenters. The van der Waals surface area contributed by atoms with Gasteiger partial charge in [0.1, 0.15) is 0 Å². The van der Waals surface area contributed by atoms with Crippen LogP contribution in [0.1, 0.15) is 16.8 Å². The van der Waals surface area contributed by atoms with Crippen LogP contribution in [0.4, 0.5) is 0 Å². The molecule has 0 saturated carbocycles. The van der Waals surface area contributed by atoms with Crippen LogP contribution in [0.2, 0.25) is 0 Å². The molecule has 0 saturated heterocycles. The Morgan fingerprint density at radius 1 is 1.16 bits per heavy atom. The van der Waals surface area contributed by atoms with E-state index >= 15 is 0 Å². The lowest BCUT2D eigenvalue weighted by atomic mass is 10.1. The molecule has 19 heavy (non-hydrogen) atoms. The Balaban J connectivity index is 1.94. The lowest BCUT2D eigenvalue weighted by molar-refractivity contribution is 0.400. The minimum absolute atomic E-state index is 0.778. The molecule has 0 fully saturated rings. The quantitative estimate of drug-likeness (QED) is 0.846. The highest BCUT2D eigenvalue weighted by Crippen LogP contribution is 2.10. The van der Waals surface area contributed by atoms with Crippen LogP contribution in [-0.2, 0) is 26.7 Å². The van der Waals surface area contributed by atoms with E-state index in [9.17, 15) is 0 Å². The summed E-state index contributed by atoms with van der Waals surface area (Å²) in [6.07, 6.45) is 1.79. The first-order valence-electron chi connectivity index (χ1n) is 6.42. The third-order valence-electron chi connectivity index (χ3n) is 3.03. The number of aryl methyl sites for hydroxylation is 1. The van der Waals surface area contributed by atoms with Gasteiger partial charge >= 0.3 is 0 Å². The molecule has 1 N–H and O–H groups in total. The molecule has 1 aromatic heterocycles. The number of hydrogen-bond acceptors (Lipinski definition) is 4. The summed E-state index contributed by atoms with van der Waals surface area (Å²) in [5.74, 6) is 0. The monoisotopic (exact) mass is 259 g/mol. The number of aromatic nitrogens is 3. The van der Waals surface area contributed by atoms with Crippen molar-refractivity contribution in [2.75, 3.05) is 14.1 Å². The molecule has 0 aliphatic heterocycles. The third kappa shape index (κ3) is 3.87. The number of nitrogens with one attached hydrogen (secondary N) is 1. The summed E-state index contributed by atoms with van der Waals surface area (Å²) in [4.78, 5) is 2.18. The highest BCUT2D eigenvalue weighted by atomic mass is 15.4. The molecular weight excluding hydrogens is 238 g/mol. The molecule has 1 aromatic carbocycles. The number of benzene rings is 1. The molecule has 0 bridgehead atoms. The second-order valence-electron chi connectivity index (χ2n) is 4.96. The van der Waals surface area contributed by atoms with Gasteiger partial charge in [-0.3, -0.25) is 4.68 Å². The molecule has 102 valence electrons. The fraction of sp³-hybridized carbons (Fsp3) is 0.429. The molecule has 2 aromatic rings. The SMILES string of the molecule is CN(C)Cc1ccccc1CNCc1cnnn1C. The summed E-state index contributed by atoms with van der Waals surface area (Å²) in [7, 11) is 6.08. The van der Waals surface area contributed by atoms with E-state index in [0.717, 1.165) is 25.3 Å². The van der Waals surface area contributed by atoms with Gasteiger partial charge in [-0.25, -0.2) is 0 Å². The molecule has 5 nitrogen and oxygen atoms in total. The predicted octanol–water partition coefficient (Wildman–Crippen LogP) is 1.17. The Morgan fingerprint density at radius 3 is 2.53 bits per heavy atom. The minimum Gasteiger partial charge on any atom is -0.307 e. The van der Waals surface area contributed by atoms with Gasteiger partial charge in [-0.1, -0.05) is 29.5 Å². The predicted molar refractivity (Wildman–Crippen MR) is 75.4 cm³/mol. The maximum absolute atomic E-state index is 3.92. The molecule has 0 radical (unpaired) electrons. The van der Waals surface area contributed by atoms with Crippen LogP contribution in [-0.4, -0.2) is 34.0 Å². The first-order chi connectivity index (χ1) is 9.16. The Hall–Kier alpha value is -1.72. The van der Waals surface area contributed by atoms with Crippen LogP contribution in [0.3, 0.4) is 0 Å². The van der Waals surface area contributed by atoms with Gasteiger partial charge in [0.2, 0.25) is 0 Å². The van der Waals surface area contributed by atoms with Crippen molar-refractivity contribution in [3.8, 4) is 0 Å². The van der Waals surface area contributed by atoms with Gasteiger partial charge < -0.3 is 10.2 Å². The Labute approximate surface area is 114 Å². The van der Waals surface area contributed by atoms with Gasteiger partial charge in [0, 0.05) is 26.7 Å². The van der Waals surface area contributed by atoms with Gasteiger partial charge in [0.25, 0.3) is 0 Å². The van der Waals surface area contributed by atoms with Crippen LogP contribution in [0.15, 0.2) is 30.5 Å². The van der Waals surface area contributed by atoms with E-state index in [4.69, 9.17) is 0 Å². The zero-order chi connectivity index (χ0) is 13.7. The average molecular weight is 259 g/mol. The van der Waals surface area contributed by atoms with Crippen LogP contribution in [0.5, 0.6) is 0 Å². The minimum atomic E-state index is 0.778. The van der Waals surface area contributed by atoms with Crippen molar-refractivity contribution in [3.05, 3.63) is 47.3 Å². The van der Waals surface area contributed by atoms with Crippen LogP contribution in [0.25, 0.3) is 0 Å². The van der Waals surface area contributed by atoms with Crippen molar-refractivity contribution >= 4 is 0 Å². The Bertz CT molecular complexity index is 518. The van der Waals surface area contributed by atoms with Crippen molar-refractivity contribution in [2.45, 2.75) is 19.6 Å². The highest BCUT2D eigenvalue weighted by molar-refractivity contribution is 5.26. The van der Waals surface area contributed by atoms with Crippen LogP contribution in [0, 0.1) is 0 Å². The second-order valence-corrected chi connectivity index (χ2v) is 4.96. The van der Waals surface area contributed by atoms with E-state index < -0.39 is 0 Å². The average Bonchev–Trinajstić information content (AvgIpc) is 2.77. The summed E-state index contributed by atoms with van der Waals surface area (Å²) in [5, 5.41) is 11.2. The van der Waals surface area contributed by atoms with Gasteiger partial charge in [-0.2, -0.15) is 0 Å². The van der Waals surface area contributed by atoms with Gasteiger partial charge in [0.05, 0.1) is 11.9 Å². The van der Waals surface area contributed by atoms with Gasteiger partial charge in [0.15, 0.2) is 0 Å². The maximum atomic E-state index is 3.92.